The van der Waals surface area contributed by atoms with Crippen LogP contribution in [0.5, 0.6) is 0 Å². The van der Waals surface area contributed by atoms with Crippen molar-refractivity contribution < 1.29 is 14.0 Å². The number of benzene rings is 1. The van der Waals surface area contributed by atoms with Crippen molar-refractivity contribution in [2.24, 2.45) is 0 Å². The quantitative estimate of drug-likeness (QED) is 0.417. The lowest BCUT2D eigenvalue weighted by atomic mass is 10.2. The van der Waals surface area contributed by atoms with Crippen molar-refractivity contribution >= 4 is 23.0 Å². The van der Waals surface area contributed by atoms with Gasteiger partial charge in [-0.3, -0.25) is 29.8 Å². The van der Waals surface area contributed by atoms with Gasteiger partial charge in [-0.15, -0.1) is 0 Å². The van der Waals surface area contributed by atoms with Crippen LogP contribution >= 0.6 is 0 Å². The molecule has 4 aromatic rings. The Morgan fingerprint density at radius 1 is 1.06 bits per heavy atom. The summed E-state index contributed by atoms with van der Waals surface area (Å²) in [4.78, 5) is 55.2. The van der Waals surface area contributed by atoms with E-state index in [1.807, 2.05) is 37.3 Å². The van der Waals surface area contributed by atoms with E-state index in [-0.39, 0.29) is 23.5 Å². The fourth-order valence-electron chi connectivity index (χ4n) is 3.50. The highest BCUT2D eigenvalue weighted by Crippen LogP contribution is 2.10. The third kappa shape index (κ3) is 4.20. The first-order chi connectivity index (χ1) is 15.9. The average molecular weight is 450 g/mol. The van der Waals surface area contributed by atoms with E-state index in [1.54, 1.807) is 17.6 Å². The topological polar surface area (TPSA) is 133 Å². The van der Waals surface area contributed by atoms with Crippen molar-refractivity contribution in [2.45, 2.75) is 33.5 Å². The number of imidazole rings is 1. The molecule has 0 spiro atoms. The lowest BCUT2D eigenvalue weighted by Gasteiger charge is -2.13. The maximum Gasteiger partial charge on any atom is 0.333 e. The van der Waals surface area contributed by atoms with Crippen LogP contribution in [0.25, 0.3) is 11.2 Å². The molecule has 0 saturated heterocycles. The van der Waals surface area contributed by atoms with E-state index in [2.05, 4.69) is 15.8 Å². The number of furan rings is 1. The van der Waals surface area contributed by atoms with E-state index in [4.69, 9.17) is 4.42 Å². The Morgan fingerprint density at radius 3 is 2.48 bits per heavy atom. The Hall–Kier alpha value is -4.41. The molecular formula is C22H22N6O5. The highest BCUT2D eigenvalue weighted by atomic mass is 16.3. The number of amides is 2. The molecule has 2 N–H and O–H groups in total. The Bertz CT molecular complexity index is 1440. The maximum absolute atomic E-state index is 13.2. The Morgan fingerprint density at radius 2 is 1.82 bits per heavy atom. The lowest BCUT2D eigenvalue weighted by Crippen LogP contribution is -2.48. The zero-order chi connectivity index (χ0) is 23.5. The fourth-order valence-corrected chi connectivity index (χ4v) is 3.50. The standard InChI is InChI=1S/C22H22N6O5/c1-3-26-13-23-19-17(26)21(31)28(22(32)27(19)11-15-7-5-4-6-8-15)12-16(29)24-25-20(30)18-14(2)9-10-33-18/h4-10,13H,3,11-12H2,1-2H3,(H,24,29)(H,25,30). The normalized spacial score (nSPS) is 11.0. The fraction of sp³-hybridized carbons (Fsp3) is 0.227. The minimum Gasteiger partial charge on any atom is -0.459 e. The van der Waals surface area contributed by atoms with E-state index < -0.39 is 29.6 Å². The highest BCUT2D eigenvalue weighted by Gasteiger charge is 2.20. The van der Waals surface area contributed by atoms with Gasteiger partial charge in [0, 0.05) is 12.1 Å². The summed E-state index contributed by atoms with van der Waals surface area (Å²) in [5, 5.41) is 0. The van der Waals surface area contributed by atoms with Crippen molar-refractivity contribution in [1.29, 1.82) is 0 Å². The van der Waals surface area contributed by atoms with Gasteiger partial charge >= 0.3 is 11.6 Å². The van der Waals surface area contributed by atoms with Crippen LogP contribution in [0, 0.1) is 6.92 Å². The number of fused-ring (bicyclic) bond motifs is 1. The Balaban J connectivity index is 1.66. The first-order valence-electron chi connectivity index (χ1n) is 10.3. The monoisotopic (exact) mass is 450 g/mol. The van der Waals surface area contributed by atoms with Crippen LogP contribution in [-0.4, -0.2) is 30.5 Å². The number of nitrogens with zero attached hydrogens (tertiary/aromatic N) is 4. The van der Waals surface area contributed by atoms with Crippen LogP contribution in [0.3, 0.4) is 0 Å². The molecule has 170 valence electrons. The lowest BCUT2D eigenvalue weighted by molar-refractivity contribution is -0.122. The molecular weight excluding hydrogens is 428 g/mol. The molecule has 4 rings (SSSR count). The van der Waals surface area contributed by atoms with Gasteiger partial charge in [0.1, 0.15) is 6.54 Å². The van der Waals surface area contributed by atoms with Crippen molar-refractivity contribution in [2.75, 3.05) is 0 Å². The summed E-state index contributed by atoms with van der Waals surface area (Å²) < 4.78 is 8.88. The molecule has 2 amide bonds. The van der Waals surface area contributed by atoms with Gasteiger partial charge in [-0.05, 0) is 25.5 Å². The summed E-state index contributed by atoms with van der Waals surface area (Å²) in [5.74, 6) is -1.36. The summed E-state index contributed by atoms with van der Waals surface area (Å²) >= 11 is 0. The van der Waals surface area contributed by atoms with Gasteiger partial charge in [-0.2, -0.15) is 0 Å². The second-order valence-electron chi connectivity index (χ2n) is 7.38. The minimum atomic E-state index is -0.750. The minimum absolute atomic E-state index is 0.0472. The third-order valence-electron chi connectivity index (χ3n) is 5.19. The van der Waals surface area contributed by atoms with Gasteiger partial charge < -0.3 is 8.98 Å². The molecule has 0 unspecified atom stereocenters. The molecule has 3 aromatic heterocycles. The highest BCUT2D eigenvalue weighted by molar-refractivity contribution is 5.94. The number of aromatic nitrogens is 4. The summed E-state index contributed by atoms with van der Waals surface area (Å²) in [6.45, 7) is 3.57. The predicted octanol–water partition coefficient (Wildman–Crippen LogP) is 0.791. The first-order valence-corrected chi connectivity index (χ1v) is 10.3. The van der Waals surface area contributed by atoms with E-state index in [9.17, 15) is 19.2 Å². The van der Waals surface area contributed by atoms with E-state index >= 15 is 0 Å². The first kappa shape index (κ1) is 21.8. The van der Waals surface area contributed by atoms with Gasteiger partial charge in [0.05, 0.1) is 19.1 Å². The average Bonchev–Trinajstić information content (AvgIpc) is 3.44. The molecule has 0 fully saturated rings. The number of hydrogen-bond donors (Lipinski definition) is 2. The number of carbonyl (C=O) groups excluding carboxylic acids is 2. The van der Waals surface area contributed by atoms with Crippen LogP contribution in [-0.2, 0) is 24.4 Å². The van der Waals surface area contributed by atoms with Crippen molar-refractivity contribution in [1.82, 2.24) is 29.5 Å². The summed E-state index contributed by atoms with van der Waals surface area (Å²) in [5.41, 5.74) is 5.01. The second kappa shape index (κ2) is 8.99. The van der Waals surface area contributed by atoms with E-state index in [0.717, 1.165) is 10.1 Å². The third-order valence-corrected chi connectivity index (χ3v) is 5.19. The molecule has 1 aromatic carbocycles. The number of hydrogen-bond acceptors (Lipinski definition) is 6. The summed E-state index contributed by atoms with van der Waals surface area (Å²) in [6.07, 6.45) is 2.84. The number of rotatable bonds is 6. The van der Waals surface area contributed by atoms with Crippen molar-refractivity contribution in [3.63, 3.8) is 0 Å². The molecule has 0 aliphatic heterocycles. The summed E-state index contributed by atoms with van der Waals surface area (Å²) in [7, 11) is 0. The molecule has 0 atom stereocenters. The second-order valence-corrected chi connectivity index (χ2v) is 7.38. The van der Waals surface area contributed by atoms with E-state index in [1.165, 1.54) is 17.2 Å². The predicted molar refractivity (Wildman–Crippen MR) is 119 cm³/mol. The van der Waals surface area contributed by atoms with Crippen LogP contribution < -0.4 is 22.1 Å². The zero-order valence-corrected chi connectivity index (χ0v) is 18.1. The molecule has 0 aliphatic carbocycles. The van der Waals surface area contributed by atoms with Gasteiger partial charge in [0.25, 0.3) is 11.5 Å². The largest absolute Gasteiger partial charge is 0.459 e. The van der Waals surface area contributed by atoms with Gasteiger partial charge in [0.2, 0.25) is 0 Å². The molecule has 33 heavy (non-hydrogen) atoms. The number of hydrazine groups is 1. The molecule has 3 heterocycles. The zero-order valence-electron chi connectivity index (χ0n) is 18.1. The molecule has 11 heteroatoms. The molecule has 0 bridgehead atoms. The Labute approximate surface area is 187 Å². The molecule has 11 nitrogen and oxygen atoms in total. The molecule has 0 radical (unpaired) electrons. The van der Waals surface area contributed by atoms with Crippen LogP contribution in [0.4, 0.5) is 0 Å². The number of carbonyl (C=O) groups is 2. The van der Waals surface area contributed by atoms with Crippen molar-refractivity contribution in [3.8, 4) is 0 Å². The number of aryl methyl sites for hydroxylation is 2. The van der Waals surface area contributed by atoms with E-state index in [0.29, 0.717) is 12.1 Å². The Kier molecular flexibility index (Phi) is 5.94. The SMILES string of the molecule is CCn1cnc2c1c(=O)n(CC(=O)NNC(=O)c1occc1C)c(=O)n2Cc1ccccc1. The number of nitrogens with one attached hydrogen (secondary N) is 2. The van der Waals surface area contributed by atoms with Crippen LogP contribution in [0.1, 0.15) is 28.6 Å². The summed E-state index contributed by atoms with van der Waals surface area (Å²) in [6, 6.07) is 10.9. The van der Waals surface area contributed by atoms with Crippen molar-refractivity contribution in [3.05, 3.63) is 86.7 Å². The van der Waals surface area contributed by atoms with Crippen LogP contribution in [0.15, 0.2) is 63.0 Å². The molecule has 0 aliphatic rings. The van der Waals surface area contributed by atoms with Gasteiger partial charge in [0.15, 0.2) is 16.9 Å². The van der Waals surface area contributed by atoms with Crippen LogP contribution in [0.2, 0.25) is 0 Å². The van der Waals surface area contributed by atoms with Gasteiger partial charge in [-0.25, -0.2) is 14.3 Å². The molecule has 0 saturated carbocycles. The van der Waals surface area contributed by atoms with Gasteiger partial charge in [-0.1, -0.05) is 30.3 Å². The smallest absolute Gasteiger partial charge is 0.333 e. The maximum atomic E-state index is 13.2.